The van der Waals surface area contributed by atoms with Crippen LogP contribution in [0.4, 0.5) is 0 Å². The summed E-state index contributed by atoms with van der Waals surface area (Å²) in [6.45, 7) is 3.41. The SMILES string of the molecule is CCOC(CO)=C(C)C(N)=O. The highest BCUT2D eigenvalue weighted by Crippen LogP contribution is 2.03. The lowest BCUT2D eigenvalue weighted by Gasteiger charge is -2.07. The summed E-state index contributed by atoms with van der Waals surface area (Å²) in [4.78, 5) is 10.5. The second kappa shape index (κ2) is 4.73. The lowest BCUT2D eigenvalue weighted by Crippen LogP contribution is -2.16. The Balaban J connectivity index is 4.39. The summed E-state index contributed by atoms with van der Waals surface area (Å²) >= 11 is 0. The molecule has 0 bridgehead atoms. The highest BCUT2D eigenvalue weighted by molar-refractivity contribution is 5.91. The van der Waals surface area contributed by atoms with E-state index in [1.165, 1.54) is 6.92 Å². The van der Waals surface area contributed by atoms with Crippen molar-refractivity contribution in [3.05, 3.63) is 11.3 Å². The lowest BCUT2D eigenvalue weighted by atomic mass is 10.2. The van der Waals surface area contributed by atoms with Gasteiger partial charge in [0.1, 0.15) is 12.4 Å². The van der Waals surface area contributed by atoms with Crippen LogP contribution < -0.4 is 5.73 Å². The van der Waals surface area contributed by atoms with Crippen LogP contribution in [-0.2, 0) is 9.53 Å². The van der Waals surface area contributed by atoms with E-state index in [1.54, 1.807) is 6.92 Å². The van der Waals surface area contributed by atoms with E-state index in [4.69, 9.17) is 15.6 Å². The normalized spacial score (nSPS) is 12.3. The van der Waals surface area contributed by atoms with Gasteiger partial charge in [-0.1, -0.05) is 0 Å². The third kappa shape index (κ3) is 3.04. The maximum Gasteiger partial charge on any atom is 0.247 e. The molecule has 4 heteroatoms. The minimum Gasteiger partial charge on any atom is -0.495 e. The molecule has 0 aliphatic rings. The molecule has 0 aromatic rings. The van der Waals surface area contributed by atoms with Crippen LogP contribution in [-0.4, -0.2) is 24.2 Å². The summed E-state index contributed by atoms with van der Waals surface area (Å²) in [5.74, 6) is -0.317. The average Bonchev–Trinajstić information content (AvgIpc) is 1.98. The van der Waals surface area contributed by atoms with Gasteiger partial charge in [-0.3, -0.25) is 4.79 Å². The summed E-state index contributed by atoms with van der Waals surface area (Å²) < 4.78 is 4.94. The van der Waals surface area contributed by atoms with Crippen LogP contribution in [0.15, 0.2) is 11.3 Å². The first-order valence-corrected chi connectivity index (χ1v) is 3.36. The summed E-state index contributed by atoms with van der Waals surface area (Å²) in [6.07, 6.45) is 0. The van der Waals surface area contributed by atoms with Crippen molar-refractivity contribution in [1.82, 2.24) is 0 Å². The van der Waals surface area contributed by atoms with Gasteiger partial charge in [0.15, 0.2) is 0 Å². The molecular formula is C7H13NO3. The molecule has 11 heavy (non-hydrogen) atoms. The Morgan fingerprint density at radius 2 is 2.18 bits per heavy atom. The molecule has 3 N–H and O–H groups in total. The lowest BCUT2D eigenvalue weighted by molar-refractivity contribution is -0.114. The zero-order valence-electron chi connectivity index (χ0n) is 6.76. The van der Waals surface area contributed by atoms with E-state index in [0.717, 1.165) is 0 Å². The summed E-state index contributed by atoms with van der Waals surface area (Å²) in [5, 5.41) is 8.69. The first-order valence-electron chi connectivity index (χ1n) is 3.36. The molecular weight excluding hydrogens is 146 g/mol. The second-order valence-corrected chi connectivity index (χ2v) is 2.00. The molecule has 0 rings (SSSR count). The summed E-state index contributed by atoms with van der Waals surface area (Å²) in [5.41, 5.74) is 5.23. The van der Waals surface area contributed by atoms with Gasteiger partial charge < -0.3 is 15.6 Å². The van der Waals surface area contributed by atoms with Gasteiger partial charge in [-0.05, 0) is 13.8 Å². The molecule has 0 aromatic carbocycles. The molecule has 0 atom stereocenters. The number of aliphatic hydroxyl groups excluding tert-OH is 1. The number of aliphatic hydroxyl groups is 1. The minimum atomic E-state index is -0.567. The molecule has 0 fully saturated rings. The molecule has 0 saturated heterocycles. The van der Waals surface area contributed by atoms with Gasteiger partial charge in [0.25, 0.3) is 0 Å². The Morgan fingerprint density at radius 3 is 2.45 bits per heavy atom. The van der Waals surface area contributed by atoms with Crippen LogP contribution in [0.5, 0.6) is 0 Å². The van der Waals surface area contributed by atoms with Crippen LogP contribution in [0.3, 0.4) is 0 Å². The van der Waals surface area contributed by atoms with Crippen LogP contribution in [0, 0.1) is 0 Å². The minimum absolute atomic E-state index is 0.250. The fraction of sp³-hybridized carbons (Fsp3) is 0.571. The van der Waals surface area contributed by atoms with Crippen molar-refractivity contribution in [1.29, 1.82) is 0 Å². The molecule has 0 unspecified atom stereocenters. The zero-order valence-corrected chi connectivity index (χ0v) is 6.76. The molecule has 1 amide bonds. The fourth-order valence-electron chi connectivity index (χ4n) is 0.584. The molecule has 0 heterocycles. The van der Waals surface area contributed by atoms with Crippen molar-refractivity contribution >= 4 is 5.91 Å². The maximum atomic E-state index is 10.5. The molecule has 0 aromatic heterocycles. The van der Waals surface area contributed by atoms with E-state index in [1.807, 2.05) is 0 Å². The van der Waals surface area contributed by atoms with Crippen LogP contribution in [0.25, 0.3) is 0 Å². The van der Waals surface area contributed by atoms with Crippen LogP contribution >= 0.6 is 0 Å². The van der Waals surface area contributed by atoms with Gasteiger partial charge in [-0.25, -0.2) is 0 Å². The van der Waals surface area contributed by atoms with E-state index >= 15 is 0 Å². The van der Waals surface area contributed by atoms with E-state index in [2.05, 4.69) is 0 Å². The standard InChI is InChI=1S/C7H13NO3/c1-3-11-6(4-9)5(2)7(8)10/h9H,3-4H2,1-2H3,(H2,8,10). The number of amides is 1. The molecule has 0 radical (unpaired) electrons. The quantitative estimate of drug-likeness (QED) is 0.439. The third-order valence-electron chi connectivity index (χ3n) is 1.25. The van der Waals surface area contributed by atoms with Crippen molar-refractivity contribution in [3.63, 3.8) is 0 Å². The van der Waals surface area contributed by atoms with Gasteiger partial charge in [0, 0.05) is 0 Å². The van der Waals surface area contributed by atoms with E-state index in [9.17, 15) is 4.79 Å². The highest BCUT2D eigenvalue weighted by Gasteiger charge is 2.06. The van der Waals surface area contributed by atoms with Gasteiger partial charge in [-0.15, -0.1) is 0 Å². The molecule has 64 valence electrons. The molecule has 0 saturated carbocycles. The van der Waals surface area contributed by atoms with Crippen molar-refractivity contribution in [2.24, 2.45) is 5.73 Å². The topological polar surface area (TPSA) is 72.6 Å². The molecule has 4 nitrogen and oxygen atoms in total. The number of carbonyl (C=O) groups is 1. The molecule has 0 spiro atoms. The number of ether oxygens (including phenoxy) is 1. The van der Waals surface area contributed by atoms with Crippen molar-refractivity contribution in [2.45, 2.75) is 13.8 Å². The monoisotopic (exact) mass is 159 g/mol. The third-order valence-corrected chi connectivity index (χ3v) is 1.25. The maximum absolute atomic E-state index is 10.5. The van der Waals surface area contributed by atoms with E-state index in [-0.39, 0.29) is 17.9 Å². The van der Waals surface area contributed by atoms with Gasteiger partial charge >= 0.3 is 0 Å². The Labute approximate surface area is 65.6 Å². The van der Waals surface area contributed by atoms with Crippen molar-refractivity contribution in [3.8, 4) is 0 Å². The number of primary amides is 1. The Bertz CT molecular complexity index is 175. The first kappa shape index (κ1) is 9.97. The average molecular weight is 159 g/mol. The van der Waals surface area contributed by atoms with Crippen molar-refractivity contribution in [2.75, 3.05) is 13.2 Å². The van der Waals surface area contributed by atoms with Crippen molar-refractivity contribution < 1.29 is 14.6 Å². The Kier molecular flexibility index (Phi) is 4.29. The molecule has 0 aliphatic heterocycles. The fourth-order valence-corrected chi connectivity index (χ4v) is 0.584. The number of hydrogen-bond donors (Lipinski definition) is 2. The number of carbonyl (C=O) groups excluding carboxylic acids is 1. The smallest absolute Gasteiger partial charge is 0.247 e. The number of nitrogens with two attached hydrogens (primary N) is 1. The van der Waals surface area contributed by atoms with Gasteiger partial charge in [0.2, 0.25) is 5.91 Å². The van der Waals surface area contributed by atoms with E-state index in [0.29, 0.717) is 6.61 Å². The van der Waals surface area contributed by atoms with Gasteiger partial charge in [0.05, 0.1) is 12.2 Å². The van der Waals surface area contributed by atoms with Gasteiger partial charge in [-0.2, -0.15) is 0 Å². The Morgan fingerprint density at radius 1 is 1.64 bits per heavy atom. The highest BCUT2D eigenvalue weighted by atomic mass is 16.5. The Hall–Kier alpha value is -1.03. The second-order valence-electron chi connectivity index (χ2n) is 2.00. The number of hydrogen-bond acceptors (Lipinski definition) is 3. The number of rotatable bonds is 4. The summed E-state index contributed by atoms with van der Waals surface area (Å²) in [6, 6.07) is 0. The first-order chi connectivity index (χ1) is 5.13. The van der Waals surface area contributed by atoms with Crippen LogP contribution in [0.1, 0.15) is 13.8 Å². The predicted molar refractivity (Wildman–Crippen MR) is 40.6 cm³/mol. The molecule has 0 aliphatic carbocycles. The summed E-state index contributed by atoms with van der Waals surface area (Å²) in [7, 11) is 0. The zero-order chi connectivity index (χ0) is 8.85. The van der Waals surface area contributed by atoms with Crippen LogP contribution in [0.2, 0.25) is 0 Å². The van der Waals surface area contributed by atoms with E-state index < -0.39 is 5.91 Å². The largest absolute Gasteiger partial charge is 0.495 e. The predicted octanol–water partition coefficient (Wildman–Crippen LogP) is -0.226.